The van der Waals surface area contributed by atoms with Crippen LogP contribution in [0.4, 0.5) is 4.39 Å². The third-order valence-corrected chi connectivity index (χ3v) is 6.55. The maximum Gasteiger partial charge on any atom is 0.282 e. The van der Waals surface area contributed by atoms with Crippen molar-refractivity contribution in [3.8, 4) is 11.1 Å². The molecular formula is C22H18FN3O2S2. The van der Waals surface area contributed by atoms with E-state index in [2.05, 4.69) is 4.98 Å². The first kappa shape index (κ1) is 20.3. The van der Waals surface area contributed by atoms with Crippen LogP contribution in [0.25, 0.3) is 21.3 Å². The Morgan fingerprint density at radius 3 is 2.60 bits per heavy atom. The normalized spacial score (nSPS) is 11.1. The van der Waals surface area contributed by atoms with Crippen LogP contribution in [0.15, 0.2) is 69.9 Å². The Balaban J connectivity index is 1.46. The summed E-state index contributed by atoms with van der Waals surface area (Å²) >= 11 is 2.75. The lowest BCUT2D eigenvalue weighted by molar-refractivity contribution is 0.0982. The van der Waals surface area contributed by atoms with Gasteiger partial charge in [0.05, 0.1) is 5.39 Å². The predicted molar refractivity (Wildman–Crippen MR) is 120 cm³/mol. The number of benzene rings is 2. The van der Waals surface area contributed by atoms with Crippen LogP contribution in [0.5, 0.6) is 0 Å². The lowest BCUT2D eigenvalue weighted by atomic mass is 10.1. The van der Waals surface area contributed by atoms with E-state index in [1.807, 2.05) is 35.7 Å². The van der Waals surface area contributed by atoms with Crippen molar-refractivity contribution in [2.45, 2.75) is 18.0 Å². The summed E-state index contributed by atoms with van der Waals surface area (Å²) < 4.78 is 14.0. The first-order chi connectivity index (χ1) is 14.5. The number of thiophene rings is 1. The van der Waals surface area contributed by atoms with Gasteiger partial charge in [-0.05, 0) is 36.2 Å². The number of rotatable bonds is 7. The fourth-order valence-corrected chi connectivity index (χ4v) is 4.94. The molecule has 2 aromatic carbocycles. The van der Waals surface area contributed by atoms with Gasteiger partial charge in [-0.1, -0.05) is 42.1 Å². The second-order valence-electron chi connectivity index (χ2n) is 6.65. The van der Waals surface area contributed by atoms with Crippen LogP contribution in [-0.4, -0.2) is 21.2 Å². The van der Waals surface area contributed by atoms with Crippen molar-refractivity contribution in [3.63, 3.8) is 0 Å². The van der Waals surface area contributed by atoms with Gasteiger partial charge in [0.25, 0.3) is 5.56 Å². The molecule has 30 heavy (non-hydrogen) atoms. The Bertz CT molecular complexity index is 1250. The predicted octanol–water partition coefficient (Wildman–Crippen LogP) is 4.73. The highest BCUT2D eigenvalue weighted by Gasteiger charge is 2.16. The van der Waals surface area contributed by atoms with Gasteiger partial charge in [-0.15, -0.1) is 11.3 Å². The van der Waals surface area contributed by atoms with E-state index >= 15 is 0 Å². The summed E-state index contributed by atoms with van der Waals surface area (Å²) in [5.41, 5.74) is 1.98. The monoisotopic (exact) mass is 439 g/mol. The zero-order valence-electron chi connectivity index (χ0n) is 15.9. The third kappa shape index (κ3) is 4.15. The number of halogens is 1. The number of carbonyl (C=O) groups excluding carboxylic acids is 1. The molecule has 4 rings (SSSR count). The number of thioether (sulfide) groups is 1. The van der Waals surface area contributed by atoms with Gasteiger partial charge < -0.3 is 5.84 Å². The van der Waals surface area contributed by atoms with Gasteiger partial charge in [0.15, 0.2) is 10.9 Å². The van der Waals surface area contributed by atoms with Crippen LogP contribution < -0.4 is 11.4 Å². The molecule has 0 amide bonds. The fourth-order valence-electron chi connectivity index (χ4n) is 3.09. The average Bonchev–Trinajstić information content (AvgIpc) is 3.19. The van der Waals surface area contributed by atoms with E-state index in [1.54, 1.807) is 0 Å². The molecule has 0 radical (unpaired) electrons. The number of Topliss-reactive ketones (excluding diaryl/α,β-unsaturated/α-hetero) is 1. The number of fused-ring (bicyclic) bond motifs is 1. The molecular weight excluding hydrogens is 421 g/mol. The Kier molecular flexibility index (Phi) is 5.96. The van der Waals surface area contributed by atoms with E-state index in [0.29, 0.717) is 39.5 Å². The van der Waals surface area contributed by atoms with Gasteiger partial charge in [-0.25, -0.2) is 14.1 Å². The highest BCUT2D eigenvalue weighted by molar-refractivity contribution is 7.99. The molecule has 2 aromatic heterocycles. The van der Waals surface area contributed by atoms with Crippen molar-refractivity contribution < 1.29 is 9.18 Å². The smallest absolute Gasteiger partial charge is 0.282 e. The summed E-state index contributed by atoms with van der Waals surface area (Å²) in [6.45, 7) is 0. The molecule has 4 aromatic rings. The highest BCUT2D eigenvalue weighted by Crippen LogP contribution is 2.31. The number of aromatic nitrogens is 2. The molecule has 0 aliphatic rings. The van der Waals surface area contributed by atoms with Gasteiger partial charge in [0.1, 0.15) is 10.6 Å². The molecule has 2 N–H and O–H groups in total. The summed E-state index contributed by atoms with van der Waals surface area (Å²) in [5.74, 6) is 6.19. The topological polar surface area (TPSA) is 78.0 Å². The van der Waals surface area contributed by atoms with Crippen LogP contribution in [-0.2, 0) is 0 Å². The van der Waals surface area contributed by atoms with E-state index < -0.39 is 0 Å². The maximum atomic E-state index is 13.0. The van der Waals surface area contributed by atoms with E-state index in [9.17, 15) is 14.0 Å². The number of nitrogens with zero attached hydrogens (tertiary/aromatic N) is 2. The Hall–Kier alpha value is -2.97. The van der Waals surface area contributed by atoms with Crippen molar-refractivity contribution in [3.05, 3.63) is 81.7 Å². The van der Waals surface area contributed by atoms with Crippen LogP contribution >= 0.6 is 23.1 Å². The number of hydrogen-bond acceptors (Lipinski definition) is 6. The van der Waals surface area contributed by atoms with Gasteiger partial charge >= 0.3 is 0 Å². The van der Waals surface area contributed by atoms with Gasteiger partial charge in [0.2, 0.25) is 0 Å². The first-order valence-corrected chi connectivity index (χ1v) is 11.2. The van der Waals surface area contributed by atoms with Crippen molar-refractivity contribution >= 4 is 39.1 Å². The van der Waals surface area contributed by atoms with Crippen molar-refractivity contribution in [1.29, 1.82) is 0 Å². The molecule has 0 unspecified atom stereocenters. The number of nitrogens with two attached hydrogens (primary N) is 1. The minimum atomic E-state index is -0.367. The average molecular weight is 440 g/mol. The Morgan fingerprint density at radius 2 is 1.87 bits per heavy atom. The molecule has 0 saturated heterocycles. The third-order valence-electron chi connectivity index (χ3n) is 4.64. The molecule has 5 nitrogen and oxygen atoms in total. The van der Waals surface area contributed by atoms with Gasteiger partial charge in [-0.2, -0.15) is 0 Å². The molecule has 152 valence electrons. The first-order valence-electron chi connectivity index (χ1n) is 9.31. The number of nitrogen functional groups attached to an aromatic ring is 1. The van der Waals surface area contributed by atoms with Crippen LogP contribution in [0.2, 0.25) is 0 Å². The number of ketones is 1. The van der Waals surface area contributed by atoms with Crippen molar-refractivity contribution in [2.24, 2.45) is 0 Å². The molecule has 8 heteroatoms. The van der Waals surface area contributed by atoms with Crippen LogP contribution in [0.3, 0.4) is 0 Å². The quantitative estimate of drug-likeness (QED) is 0.148. The van der Waals surface area contributed by atoms with Crippen LogP contribution in [0.1, 0.15) is 23.2 Å². The Morgan fingerprint density at radius 1 is 1.13 bits per heavy atom. The summed E-state index contributed by atoms with van der Waals surface area (Å²) in [7, 11) is 0. The molecule has 0 spiro atoms. The summed E-state index contributed by atoms with van der Waals surface area (Å²) in [6, 6.07) is 15.2. The largest absolute Gasteiger partial charge is 0.334 e. The standard InChI is InChI=1S/C22H18FN3O2S2/c23-16-10-8-15(9-11-16)18(27)7-4-12-29-22-25-20-19(21(28)26(22)24)17(13-30-20)14-5-2-1-3-6-14/h1-3,5-6,8-11,13H,4,7,12,24H2. The Labute approximate surface area is 180 Å². The molecule has 2 heterocycles. The SMILES string of the molecule is Nn1c(SCCCC(=O)c2ccc(F)cc2)nc2scc(-c3ccccc3)c2c1=O. The molecule has 0 aliphatic carbocycles. The highest BCUT2D eigenvalue weighted by atomic mass is 32.2. The van der Waals surface area contributed by atoms with E-state index in [1.165, 1.54) is 47.4 Å². The van der Waals surface area contributed by atoms with E-state index in [-0.39, 0.29) is 17.2 Å². The molecule has 0 saturated carbocycles. The van der Waals surface area contributed by atoms with Gasteiger partial charge in [0, 0.05) is 28.7 Å². The van der Waals surface area contributed by atoms with Crippen molar-refractivity contribution in [1.82, 2.24) is 9.66 Å². The fraction of sp³-hybridized carbons (Fsp3) is 0.136. The summed E-state index contributed by atoms with van der Waals surface area (Å²) in [5, 5.41) is 2.86. The summed E-state index contributed by atoms with van der Waals surface area (Å²) in [6.07, 6.45) is 0.918. The zero-order valence-corrected chi connectivity index (χ0v) is 17.5. The van der Waals surface area contributed by atoms with Crippen LogP contribution in [0, 0.1) is 5.82 Å². The van der Waals surface area contributed by atoms with Gasteiger partial charge in [-0.3, -0.25) is 9.59 Å². The van der Waals surface area contributed by atoms with E-state index in [0.717, 1.165) is 15.8 Å². The maximum absolute atomic E-state index is 13.0. The summed E-state index contributed by atoms with van der Waals surface area (Å²) in [4.78, 5) is 30.2. The molecule has 0 bridgehead atoms. The lowest BCUT2D eigenvalue weighted by Crippen LogP contribution is -2.29. The minimum Gasteiger partial charge on any atom is -0.334 e. The van der Waals surface area contributed by atoms with Crippen molar-refractivity contribution in [2.75, 3.05) is 11.6 Å². The second-order valence-corrected chi connectivity index (χ2v) is 8.57. The molecule has 0 fully saturated rings. The lowest BCUT2D eigenvalue weighted by Gasteiger charge is -2.07. The number of hydrogen-bond donors (Lipinski definition) is 1. The molecule has 0 aliphatic heterocycles. The minimum absolute atomic E-state index is 0.0464. The van der Waals surface area contributed by atoms with E-state index in [4.69, 9.17) is 5.84 Å². The number of carbonyl (C=O) groups is 1. The second kappa shape index (κ2) is 8.81. The molecule has 0 atom stereocenters. The zero-order chi connectivity index (χ0) is 21.1.